The van der Waals surface area contributed by atoms with Gasteiger partial charge in [-0.05, 0) is 66.3 Å². The largest absolute Gasteiger partial charge is 0.488 e. The molecule has 1 aromatic heterocycles. The van der Waals surface area contributed by atoms with Crippen LogP contribution in [-0.4, -0.2) is 16.1 Å². The first-order chi connectivity index (χ1) is 14.1. The molecule has 1 aliphatic rings. The van der Waals surface area contributed by atoms with E-state index in [4.69, 9.17) is 4.74 Å². The van der Waals surface area contributed by atoms with Gasteiger partial charge in [-0.25, -0.2) is 14.2 Å². The first-order valence-electron chi connectivity index (χ1n) is 9.51. The summed E-state index contributed by atoms with van der Waals surface area (Å²) in [6.45, 7) is 0.384. The Bertz CT molecular complexity index is 1080. The molecule has 0 atom stereocenters. The summed E-state index contributed by atoms with van der Waals surface area (Å²) in [5.41, 5.74) is 4.26. The third kappa shape index (κ3) is 4.19. The number of carboxylic acid groups (broad SMARTS) is 1. The lowest BCUT2D eigenvalue weighted by Gasteiger charge is -2.15. The predicted molar refractivity (Wildman–Crippen MR) is 109 cm³/mol. The summed E-state index contributed by atoms with van der Waals surface area (Å²) < 4.78 is 20.1. The summed E-state index contributed by atoms with van der Waals surface area (Å²) >= 11 is 0. The maximum atomic E-state index is 14.1. The van der Waals surface area contributed by atoms with Crippen LogP contribution in [0.15, 0.2) is 66.7 Å². The molecule has 0 unspecified atom stereocenters. The number of hydrogen-bond acceptors (Lipinski definition) is 3. The highest BCUT2D eigenvalue weighted by Gasteiger charge is 2.22. The van der Waals surface area contributed by atoms with Gasteiger partial charge in [0.25, 0.3) is 0 Å². The van der Waals surface area contributed by atoms with Gasteiger partial charge in [0.15, 0.2) is 0 Å². The van der Waals surface area contributed by atoms with Crippen molar-refractivity contribution >= 4 is 17.1 Å². The maximum absolute atomic E-state index is 14.1. The van der Waals surface area contributed by atoms with Crippen molar-refractivity contribution < 1.29 is 19.0 Å². The van der Waals surface area contributed by atoms with E-state index < -0.39 is 5.97 Å². The Morgan fingerprint density at radius 1 is 1.00 bits per heavy atom. The van der Waals surface area contributed by atoms with Gasteiger partial charge in [-0.15, -0.1) is 0 Å². The highest BCUT2D eigenvalue weighted by Crippen LogP contribution is 2.42. The Morgan fingerprint density at radius 2 is 1.79 bits per heavy atom. The van der Waals surface area contributed by atoms with Gasteiger partial charge in [-0.2, -0.15) is 0 Å². The smallest absolute Gasteiger partial charge is 0.354 e. The van der Waals surface area contributed by atoms with E-state index in [1.54, 1.807) is 18.2 Å². The monoisotopic (exact) mass is 389 g/mol. The molecule has 2 aromatic carbocycles. The summed E-state index contributed by atoms with van der Waals surface area (Å²) in [6.07, 6.45) is 2.43. The van der Waals surface area contributed by atoms with Gasteiger partial charge in [0, 0.05) is 5.56 Å². The molecule has 0 amide bonds. The number of hydrogen-bond donors (Lipinski definition) is 1. The van der Waals surface area contributed by atoms with E-state index in [9.17, 15) is 14.3 Å². The first-order valence-corrected chi connectivity index (χ1v) is 9.51. The van der Waals surface area contributed by atoms with Gasteiger partial charge in [0.1, 0.15) is 23.9 Å². The summed E-state index contributed by atoms with van der Waals surface area (Å²) in [7, 11) is 0. The highest BCUT2D eigenvalue weighted by molar-refractivity contribution is 5.94. The number of carboxylic acids is 1. The van der Waals surface area contributed by atoms with E-state index in [0.717, 1.165) is 36.0 Å². The average molecular weight is 389 g/mol. The molecule has 0 bridgehead atoms. The molecule has 1 aliphatic carbocycles. The summed E-state index contributed by atoms with van der Waals surface area (Å²) in [4.78, 5) is 15.6. The number of ether oxygens (including phenoxy) is 1. The van der Waals surface area contributed by atoms with Gasteiger partial charge >= 0.3 is 5.97 Å². The van der Waals surface area contributed by atoms with Gasteiger partial charge in [0.2, 0.25) is 0 Å². The fourth-order valence-corrected chi connectivity index (χ4v) is 3.64. The number of nitrogens with zero attached hydrogens (tertiary/aromatic N) is 1. The summed E-state index contributed by atoms with van der Waals surface area (Å²) in [5, 5.41) is 9.25. The number of rotatable bonds is 6. The van der Waals surface area contributed by atoms with Crippen molar-refractivity contribution in [2.24, 2.45) is 0 Å². The number of pyridine rings is 1. The lowest BCUT2D eigenvalue weighted by Crippen LogP contribution is -2.03. The van der Waals surface area contributed by atoms with E-state index in [-0.39, 0.29) is 11.5 Å². The molecular weight excluding hydrogens is 369 g/mol. The molecule has 0 radical (unpaired) electrons. The molecule has 0 fully saturated rings. The standard InChI is InChI=1S/C24H20FNO3/c25-17-12-13-23(29-15-16-6-2-1-3-7-16)20(14-17)18-8-4-9-19(18)21-10-5-11-22(26-21)24(27)28/h1-3,5-7,10-14H,4,8-9,15H2,(H,27,28). The van der Waals surface area contributed by atoms with Crippen molar-refractivity contribution in [1.29, 1.82) is 0 Å². The van der Waals surface area contributed by atoms with Gasteiger partial charge < -0.3 is 9.84 Å². The minimum Gasteiger partial charge on any atom is -0.488 e. The molecule has 0 saturated carbocycles. The Morgan fingerprint density at radius 3 is 2.59 bits per heavy atom. The van der Waals surface area contributed by atoms with Crippen LogP contribution in [0.2, 0.25) is 0 Å². The molecule has 1 heterocycles. The maximum Gasteiger partial charge on any atom is 0.354 e. The molecule has 4 nitrogen and oxygen atoms in total. The summed E-state index contributed by atoms with van der Waals surface area (Å²) in [5.74, 6) is -0.790. The SMILES string of the molecule is O=C(O)c1cccc(C2=C(c3cc(F)ccc3OCc3ccccc3)CCC2)n1. The van der Waals surface area contributed by atoms with Gasteiger partial charge in [-0.1, -0.05) is 36.4 Å². The van der Waals surface area contributed by atoms with Crippen LogP contribution in [0.25, 0.3) is 11.1 Å². The second-order valence-corrected chi connectivity index (χ2v) is 6.94. The fourth-order valence-electron chi connectivity index (χ4n) is 3.64. The third-order valence-corrected chi connectivity index (χ3v) is 5.00. The van der Waals surface area contributed by atoms with Crippen molar-refractivity contribution in [2.45, 2.75) is 25.9 Å². The minimum atomic E-state index is -1.07. The van der Waals surface area contributed by atoms with Gasteiger partial charge in [0.05, 0.1) is 5.69 Å². The van der Waals surface area contributed by atoms with Gasteiger partial charge in [-0.3, -0.25) is 0 Å². The number of aromatic carboxylic acids is 1. The normalized spacial score (nSPS) is 13.6. The molecule has 0 saturated heterocycles. The Labute approximate surface area is 168 Å². The van der Waals surface area contributed by atoms with Crippen LogP contribution >= 0.6 is 0 Å². The fraction of sp³-hybridized carbons (Fsp3) is 0.167. The second-order valence-electron chi connectivity index (χ2n) is 6.94. The van der Waals surface area contributed by atoms with Crippen molar-refractivity contribution in [3.63, 3.8) is 0 Å². The quantitative estimate of drug-likeness (QED) is 0.597. The van der Waals surface area contributed by atoms with E-state index in [1.807, 2.05) is 30.3 Å². The molecule has 29 heavy (non-hydrogen) atoms. The van der Waals surface area contributed by atoms with Crippen LogP contribution in [0.1, 0.15) is 46.6 Å². The zero-order chi connectivity index (χ0) is 20.2. The van der Waals surface area contributed by atoms with Crippen LogP contribution in [0.4, 0.5) is 4.39 Å². The third-order valence-electron chi connectivity index (χ3n) is 5.00. The second kappa shape index (κ2) is 8.27. The Balaban J connectivity index is 1.72. The van der Waals surface area contributed by atoms with E-state index in [2.05, 4.69) is 4.98 Å². The van der Waals surface area contributed by atoms with E-state index in [1.165, 1.54) is 18.2 Å². The number of halogens is 1. The number of aromatic nitrogens is 1. The van der Waals surface area contributed by atoms with Crippen LogP contribution in [-0.2, 0) is 6.61 Å². The van der Waals surface area contributed by atoms with E-state index >= 15 is 0 Å². The lowest BCUT2D eigenvalue weighted by molar-refractivity contribution is 0.0690. The van der Waals surface area contributed by atoms with Crippen molar-refractivity contribution in [2.75, 3.05) is 0 Å². The zero-order valence-electron chi connectivity index (χ0n) is 15.8. The van der Waals surface area contributed by atoms with Crippen LogP contribution in [0, 0.1) is 5.82 Å². The topological polar surface area (TPSA) is 59.4 Å². The molecule has 0 aliphatic heterocycles. The van der Waals surface area contributed by atoms with Crippen molar-refractivity contribution in [3.8, 4) is 5.75 Å². The van der Waals surface area contributed by atoms with Crippen LogP contribution in [0.3, 0.4) is 0 Å². The molecule has 3 aromatic rings. The highest BCUT2D eigenvalue weighted by atomic mass is 19.1. The molecule has 146 valence electrons. The van der Waals surface area contributed by atoms with Crippen LogP contribution < -0.4 is 4.74 Å². The van der Waals surface area contributed by atoms with Crippen LogP contribution in [0.5, 0.6) is 5.75 Å². The molecule has 0 spiro atoms. The van der Waals surface area contributed by atoms with Crippen molar-refractivity contribution in [3.05, 3.63) is 95.1 Å². The predicted octanol–water partition coefficient (Wildman–Crippen LogP) is 5.59. The van der Waals surface area contributed by atoms with E-state index in [0.29, 0.717) is 23.6 Å². The number of carbonyl (C=O) groups is 1. The number of benzene rings is 2. The van der Waals surface area contributed by atoms with Crippen molar-refractivity contribution in [1.82, 2.24) is 4.98 Å². The molecular formula is C24H20FNO3. The molecule has 5 heteroatoms. The minimum absolute atomic E-state index is 0.000966. The zero-order valence-corrected chi connectivity index (χ0v) is 15.8. The molecule has 4 rings (SSSR count). The molecule has 1 N–H and O–H groups in total. The Hall–Kier alpha value is -3.47. The number of allylic oxidation sites excluding steroid dienone is 2. The summed E-state index contributed by atoms with van der Waals surface area (Å²) in [6, 6.07) is 19.3. The lowest BCUT2D eigenvalue weighted by atomic mass is 9.98. The Kier molecular flexibility index (Phi) is 5.38. The average Bonchev–Trinajstić information content (AvgIpc) is 3.23. The first kappa shape index (κ1) is 18.9.